The minimum atomic E-state index is -1.84. The predicted molar refractivity (Wildman–Crippen MR) is 110 cm³/mol. The Morgan fingerprint density at radius 3 is 1.67 bits per heavy atom. The minimum absolute atomic E-state index is 0.158. The topological polar surface area (TPSA) is 30.8 Å². The van der Waals surface area contributed by atoms with Crippen molar-refractivity contribution in [2.75, 3.05) is 0 Å². The Morgan fingerprint density at radius 1 is 0.792 bits per heavy atom. The third-order valence-electron chi connectivity index (χ3n) is 5.35. The Kier molecular flexibility index (Phi) is 6.15. The van der Waals surface area contributed by atoms with Crippen LogP contribution in [-0.4, -0.2) is 22.8 Å². The molecule has 0 unspecified atom stereocenters. The van der Waals surface area contributed by atoms with E-state index in [0.717, 1.165) is 11.3 Å². The van der Waals surface area contributed by atoms with Crippen LogP contribution in [0.1, 0.15) is 47.1 Å². The molecule has 0 atom stereocenters. The lowest BCUT2D eigenvalue weighted by atomic mass is 10.2. The van der Waals surface area contributed by atoms with E-state index in [2.05, 4.69) is 72.9 Å². The average molecular weight is 366 g/mol. The van der Waals surface area contributed by atoms with E-state index in [-0.39, 0.29) is 10.1 Å². The van der Waals surface area contributed by atoms with Crippen LogP contribution in [0, 0.1) is 0 Å². The van der Waals surface area contributed by atoms with Crippen molar-refractivity contribution in [3.05, 3.63) is 29.8 Å². The summed E-state index contributed by atoms with van der Waals surface area (Å²) in [5.74, 6) is 0.934. The summed E-state index contributed by atoms with van der Waals surface area (Å²) in [6.45, 7) is 22.3. The van der Waals surface area contributed by atoms with E-state index in [1.54, 1.807) is 6.21 Å². The lowest BCUT2D eigenvalue weighted by Crippen LogP contribution is -2.43. The van der Waals surface area contributed by atoms with E-state index in [4.69, 9.17) is 8.95 Å². The Labute approximate surface area is 150 Å². The maximum absolute atomic E-state index is 6.29. The molecule has 0 aliphatic rings. The van der Waals surface area contributed by atoms with Crippen molar-refractivity contribution in [3.63, 3.8) is 0 Å². The molecule has 0 bridgehead atoms. The van der Waals surface area contributed by atoms with Crippen LogP contribution in [0.15, 0.2) is 29.4 Å². The Morgan fingerprint density at radius 2 is 1.25 bits per heavy atom. The first kappa shape index (κ1) is 21.0. The molecule has 136 valence electrons. The van der Waals surface area contributed by atoms with Gasteiger partial charge < -0.3 is 8.95 Å². The fourth-order valence-corrected chi connectivity index (χ4v) is 3.05. The fraction of sp³-hybridized carbons (Fsp3) is 0.632. The molecule has 5 heteroatoms. The zero-order chi connectivity index (χ0) is 18.8. The van der Waals surface area contributed by atoms with Gasteiger partial charge in [0, 0.05) is 0 Å². The van der Waals surface area contributed by atoms with Gasteiger partial charge in [-0.1, -0.05) is 41.5 Å². The summed E-state index contributed by atoms with van der Waals surface area (Å²) in [5.41, 5.74) is 1.02. The number of benzene rings is 1. The Bertz CT molecular complexity index is 565. The SMILES string of the molecule is CC(C)(C)[Si](C)(C)ON=Cc1ccc(O[Si](C)(C)C(C)(C)C)cc1. The van der Waals surface area contributed by atoms with E-state index < -0.39 is 16.6 Å². The first-order valence-corrected chi connectivity index (χ1v) is 14.5. The normalized spacial score (nSPS) is 14.1. The number of nitrogens with zero attached hydrogens (tertiary/aromatic N) is 1. The Hall–Kier alpha value is -1.08. The van der Waals surface area contributed by atoms with Gasteiger partial charge >= 0.3 is 0 Å². The van der Waals surface area contributed by atoms with Gasteiger partial charge in [0.15, 0.2) is 0 Å². The van der Waals surface area contributed by atoms with Gasteiger partial charge in [-0.3, -0.25) is 0 Å². The maximum atomic E-state index is 6.29. The molecule has 0 spiro atoms. The summed E-state index contributed by atoms with van der Waals surface area (Å²) in [7, 11) is -3.63. The highest BCUT2D eigenvalue weighted by Crippen LogP contribution is 2.38. The molecule has 3 nitrogen and oxygen atoms in total. The monoisotopic (exact) mass is 365 g/mol. The second-order valence-corrected chi connectivity index (χ2v) is 18.9. The largest absolute Gasteiger partial charge is 0.544 e. The standard InChI is InChI=1S/C19H35NO2Si2/c1-18(2,3)23(7,8)21-17-13-11-16(12-14-17)15-20-22-24(9,10)19(4,5)6/h11-15H,1-10H3. The summed E-state index contributed by atoms with van der Waals surface area (Å²) in [6.07, 6.45) is 1.79. The van der Waals surface area contributed by atoms with Crippen LogP contribution in [0.5, 0.6) is 5.75 Å². The number of oxime groups is 1. The third-order valence-corrected chi connectivity index (χ3v) is 13.9. The molecular weight excluding hydrogens is 330 g/mol. The molecule has 1 rings (SSSR count). The van der Waals surface area contributed by atoms with Gasteiger partial charge in [-0.25, -0.2) is 0 Å². The lowest BCUT2D eigenvalue weighted by molar-refractivity contribution is 0.310. The molecule has 0 aliphatic heterocycles. The molecule has 0 saturated heterocycles. The molecule has 24 heavy (non-hydrogen) atoms. The van der Waals surface area contributed by atoms with Crippen LogP contribution in [-0.2, 0) is 4.53 Å². The van der Waals surface area contributed by atoms with Crippen molar-refractivity contribution in [1.82, 2.24) is 0 Å². The van der Waals surface area contributed by atoms with Crippen LogP contribution in [0.3, 0.4) is 0 Å². The van der Waals surface area contributed by atoms with Crippen LogP contribution in [0.25, 0.3) is 0 Å². The molecule has 0 fully saturated rings. The highest BCUT2D eigenvalue weighted by Gasteiger charge is 2.40. The Balaban J connectivity index is 2.74. The first-order chi connectivity index (χ1) is 10.7. The van der Waals surface area contributed by atoms with Gasteiger partial charge in [-0.05, 0) is 66.1 Å². The van der Waals surface area contributed by atoms with Crippen molar-refractivity contribution in [2.45, 2.75) is 77.8 Å². The van der Waals surface area contributed by atoms with Gasteiger partial charge in [0.05, 0.1) is 6.21 Å². The van der Waals surface area contributed by atoms with E-state index >= 15 is 0 Å². The number of hydrogen-bond donors (Lipinski definition) is 0. The number of hydrogen-bond acceptors (Lipinski definition) is 3. The lowest BCUT2D eigenvalue weighted by Gasteiger charge is -2.36. The zero-order valence-electron chi connectivity index (χ0n) is 17.2. The van der Waals surface area contributed by atoms with E-state index in [1.807, 2.05) is 24.3 Å². The second-order valence-electron chi connectivity index (χ2n) is 9.52. The van der Waals surface area contributed by atoms with Gasteiger partial charge in [-0.15, -0.1) is 5.16 Å². The van der Waals surface area contributed by atoms with Crippen LogP contribution >= 0.6 is 0 Å². The summed E-state index contributed by atoms with van der Waals surface area (Å²) >= 11 is 0. The van der Waals surface area contributed by atoms with Crippen LogP contribution < -0.4 is 4.43 Å². The summed E-state index contributed by atoms with van der Waals surface area (Å²) in [5, 5.41) is 4.58. The first-order valence-electron chi connectivity index (χ1n) is 8.66. The van der Waals surface area contributed by atoms with Crippen molar-refractivity contribution in [3.8, 4) is 5.75 Å². The quantitative estimate of drug-likeness (QED) is 0.342. The van der Waals surface area contributed by atoms with E-state index in [9.17, 15) is 0 Å². The van der Waals surface area contributed by atoms with Crippen LogP contribution in [0.4, 0.5) is 0 Å². The summed E-state index contributed by atoms with van der Waals surface area (Å²) in [6, 6.07) is 8.10. The third kappa shape index (κ3) is 5.48. The molecule has 0 aromatic heterocycles. The predicted octanol–water partition coefficient (Wildman–Crippen LogP) is 6.43. The van der Waals surface area contributed by atoms with Crippen molar-refractivity contribution < 1.29 is 8.95 Å². The van der Waals surface area contributed by atoms with Crippen molar-refractivity contribution in [2.24, 2.45) is 5.16 Å². The van der Waals surface area contributed by atoms with Gasteiger partial charge in [-0.2, -0.15) is 0 Å². The van der Waals surface area contributed by atoms with E-state index in [0.29, 0.717) is 0 Å². The highest BCUT2D eigenvalue weighted by atomic mass is 28.4. The minimum Gasteiger partial charge on any atom is -0.544 e. The van der Waals surface area contributed by atoms with E-state index in [1.165, 1.54) is 0 Å². The van der Waals surface area contributed by atoms with Crippen molar-refractivity contribution in [1.29, 1.82) is 0 Å². The zero-order valence-corrected chi connectivity index (χ0v) is 19.2. The molecule has 0 N–H and O–H groups in total. The van der Waals surface area contributed by atoms with Gasteiger partial charge in [0.2, 0.25) is 8.32 Å². The van der Waals surface area contributed by atoms with Crippen LogP contribution in [0.2, 0.25) is 36.3 Å². The summed E-state index contributed by atoms with van der Waals surface area (Å²) in [4.78, 5) is 0. The number of rotatable bonds is 5. The average Bonchev–Trinajstić information content (AvgIpc) is 2.37. The van der Waals surface area contributed by atoms with Gasteiger partial charge in [0.1, 0.15) is 5.75 Å². The molecular formula is C19H35NO2Si2. The molecule has 0 saturated carbocycles. The van der Waals surface area contributed by atoms with Crippen molar-refractivity contribution >= 4 is 22.8 Å². The maximum Gasteiger partial charge on any atom is 0.286 e. The fourth-order valence-electron chi connectivity index (χ4n) is 1.43. The molecule has 0 aliphatic carbocycles. The molecule has 0 radical (unpaired) electrons. The highest BCUT2D eigenvalue weighted by molar-refractivity contribution is 6.75. The molecule has 1 aromatic rings. The molecule has 0 heterocycles. The molecule has 0 amide bonds. The second kappa shape index (κ2) is 7.04. The molecule has 1 aromatic carbocycles. The van der Waals surface area contributed by atoms with Gasteiger partial charge in [0.25, 0.3) is 8.32 Å². The summed E-state index contributed by atoms with van der Waals surface area (Å²) < 4.78 is 12.1. The smallest absolute Gasteiger partial charge is 0.286 e.